The molecule has 100 valence electrons. The van der Waals surface area contributed by atoms with Gasteiger partial charge in [-0.3, -0.25) is 4.79 Å². The van der Waals surface area contributed by atoms with E-state index in [2.05, 4.69) is 30.3 Å². The highest BCUT2D eigenvalue weighted by atomic mass is 16.1. The number of hydrogen-bond donors (Lipinski definition) is 0. The summed E-state index contributed by atoms with van der Waals surface area (Å²) in [6.07, 6.45) is 7.59. The van der Waals surface area contributed by atoms with E-state index in [1.54, 1.807) is 0 Å². The zero-order valence-corrected chi connectivity index (χ0v) is 11.4. The Morgan fingerprint density at radius 3 is 2.58 bits per heavy atom. The maximum atomic E-state index is 12.4. The summed E-state index contributed by atoms with van der Waals surface area (Å²) in [5.74, 6) is 4.04. The molecular weight excluding hydrogens is 232 g/mol. The van der Waals surface area contributed by atoms with E-state index in [9.17, 15) is 4.79 Å². The fourth-order valence-electron chi connectivity index (χ4n) is 4.66. The lowest BCUT2D eigenvalue weighted by Gasteiger charge is -2.20. The molecule has 3 saturated carbocycles. The van der Waals surface area contributed by atoms with Crippen LogP contribution in [0.5, 0.6) is 0 Å². The maximum Gasteiger partial charge on any atom is 0.136 e. The Kier molecular flexibility index (Phi) is 2.75. The van der Waals surface area contributed by atoms with Crippen LogP contribution < -0.4 is 0 Å². The monoisotopic (exact) mass is 254 g/mol. The van der Waals surface area contributed by atoms with Crippen molar-refractivity contribution in [2.45, 2.75) is 44.4 Å². The van der Waals surface area contributed by atoms with Crippen molar-refractivity contribution in [2.24, 2.45) is 23.7 Å². The Bertz CT molecular complexity index is 478. The molecule has 4 rings (SSSR count). The zero-order chi connectivity index (χ0) is 12.8. The van der Waals surface area contributed by atoms with Crippen molar-refractivity contribution in [3.05, 3.63) is 35.9 Å². The molecule has 5 atom stereocenters. The normalized spacial score (nSPS) is 39.5. The Labute approximate surface area is 115 Å². The molecule has 5 unspecified atom stereocenters. The third-order valence-corrected chi connectivity index (χ3v) is 5.78. The van der Waals surface area contributed by atoms with E-state index in [4.69, 9.17) is 0 Å². The van der Waals surface area contributed by atoms with Crippen molar-refractivity contribution in [3.63, 3.8) is 0 Å². The van der Waals surface area contributed by atoms with E-state index >= 15 is 0 Å². The Morgan fingerprint density at radius 2 is 1.89 bits per heavy atom. The highest BCUT2D eigenvalue weighted by Crippen LogP contribution is 2.53. The molecule has 0 aliphatic heterocycles. The van der Waals surface area contributed by atoms with Crippen molar-refractivity contribution < 1.29 is 4.79 Å². The average molecular weight is 254 g/mol. The molecule has 3 aliphatic carbocycles. The Morgan fingerprint density at radius 1 is 1.05 bits per heavy atom. The second kappa shape index (κ2) is 4.47. The number of ketones is 1. The van der Waals surface area contributed by atoms with Crippen molar-refractivity contribution in [1.82, 2.24) is 0 Å². The van der Waals surface area contributed by atoms with Crippen LogP contribution in [-0.2, 0) is 4.79 Å². The SMILES string of the molecule is O=C(CC1CC2CCC1C2)C1CC1c1ccccc1. The van der Waals surface area contributed by atoms with Gasteiger partial charge in [-0.1, -0.05) is 36.8 Å². The van der Waals surface area contributed by atoms with Gasteiger partial charge in [0.15, 0.2) is 0 Å². The van der Waals surface area contributed by atoms with Crippen molar-refractivity contribution in [3.8, 4) is 0 Å². The van der Waals surface area contributed by atoms with E-state index < -0.39 is 0 Å². The molecule has 0 amide bonds. The lowest BCUT2D eigenvalue weighted by Crippen LogP contribution is -2.16. The largest absolute Gasteiger partial charge is 0.299 e. The number of benzene rings is 1. The van der Waals surface area contributed by atoms with Crippen molar-refractivity contribution in [1.29, 1.82) is 0 Å². The molecule has 0 N–H and O–H groups in total. The number of carbonyl (C=O) groups excluding carboxylic acids is 1. The minimum atomic E-state index is 0.349. The van der Waals surface area contributed by atoms with E-state index in [0.29, 0.717) is 17.6 Å². The molecule has 1 nitrogen and oxygen atoms in total. The third-order valence-electron chi connectivity index (χ3n) is 5.78. The van der Waals surface area contributed by atoms with Gasteiger partial charge in [0.25, 0.3) is 0 Å². The van der Waals surface area contributed by atoms with Crippen LogP contribution in [0.25, 0.3) is 0 Å². The number of rotatable bonds is 4. The van der Waals surface area contributed by atoms with Gasteiger partial charge in [0.2, 0.25) is 0 Å². The van der Waals surface area contributed by atoms with Crippen LogP contribution in [0.4, 0.5) is 0 Å². The molecular formula is C18H22O. The second-order valence-electron chi connectivity index (χ2n) is 6.96. The molecule has 0 radical (unpaired) electrons. The molecule has 0 spiro atoms. The smallest absolute Gasteiger partial charge is 0.136 e. The number of Topliss-reactive ketones (excluding diaryl/α,β-unsaturated/α-hetero) is 1. The second-order valence-corrected chi connectivity index (χ2v) is 6.96. The van der Waals surface area contributed by atoms with E-state index in [0.717, 1.165) is 30.6 Å². The molecule has 3 aliphatic rings. The van der Waals surface area contributed by atoms with Gasteiger partial charge in [-0.05, 0) is 54.9 Å². The van der Waals surface area contributed by atoms with Gasteiger partial charge in [0.1, 0.15) is 5.78 Å². The number of carbonyl (C=O) groups is 1. The minimum Gasteiger partial charge on any atom is -0.299 e. The fourth-order valence-corrected chi connectivity index (χ4v) is 4.66. The molecule has 3 fully saturated rings. The number of hydrogen-bond acceptors (Lipinski definition) is 1. The van der Waals surface area contributed by atoms with E-state index in [-0.39, 0.29) is 0 Å². The maximum absolute atomic E-state index is 12.4. The van der Waals surface area contributed by atoms with E-state index in [1.807, 2.05) is 0 Å². The molecule has 1 aromatic rings. The first-order chi connectivity index (χ1) is 9.31. The van der Waals surface area contributed by atoms with Gasteiger partial charge < -0.3 is 0 Å². The molecule has 0 heterocycles. The summed E-state index contributed by atoms with van der Waals surface area (Å²) in [5, 5.41) is 0. The predicted octanol–water partition coefficient (Wildman–Crippen LogP) is 4.19. The molecule has 2 bridgehead atoms. The van der Waals surface area contributed by atoms with E-state index in [1.165, 1.54) is 31.2 Å². The predicted molar refractivity (Wildman–Crippen MR) is 75.9 cm³/mol. The lowest BCUT2D eigenvalue weighted by atomic mass is 9.84. The average Bonchev–Trinajstić information content (AvgIpc) is 2.99. The fraction of sp³-hybridized carbons (Fsp3) is 0.611. The third kappa shape index (κ3) is 2.13. The summed E-state index contributed by atoms with van der Waals surface area (Å²) in [5.41, 5.74) is 1.37. The van der Waals surface area contributed by atoms with Crippen LogP contribution in [-0.4, -0.2) is 5.78 Å². The van der Waals surface area contributed by atoms with Gasteiger partial charge in [-0.15, -0.1) is 0 Å². The van der Waals surface area contributed by atoms with Crippen LogP contribution in [0.15, 0.2) is 30.3 Å². The first-order valence-electron chi connectivity index (χ1n) is 7.89. The molecule has 1 heteroatoms. The molecule has 1 aromatic carbocycles. The van der Waals surface area contributed by atoms with Gasteiger partial charge in [0, 0.05) is 12.3 Å². The summed E-state index contributed by atoms with van der Waals surface area (Å²) >= 11 is 0. The quantitative estimate of drug-likeness (QED) is 0.787. The highest BCUT2D eigenvalue weighted by Gasteiger charge is 2.46. The summed E-state index contributed by atoms with van der Waals surface area (Å²) in [6.45, 7) is 0. The molecule has 0 aromatic heterocycles. The number of fused-ring (bicyclic) bond motifs is 2. The topological polar surface area (TPSA) is 17.1 Å². The van der Waals surface area contributed by atoms with Gasteiger partial charge >= 0.3 is 0 Å². The van der Waals surface area contributed by atoms with Gasteiger partial charge in [-0.2, -0.15) is 0 Å². The summed E-state index contributed by atoms with van der Waals surface area (Å²) in [7, 11) is 0. The Balaban J connectivity index is 1.36. The van der Waals surface area contributed by atoms with Crippen LogP contribution >= 0.6 is 0 Å². The summed E-state index contributed by atoms with van der Waals surface area (Å²) in [6, 6.07) is 10.6. The summed E-state index contributed by atoms with van der Waals surface area (Å²) < 4.78 is 0. The molecule has 0 saturated heterocycles. The minimum absolute atomic E-state index is 0.349. The zero-order valence-electron chi connectivity index (χ0n) is 11.4. The van der Waals surface area contributed by atoms with Crippen LogP contribution in [0, 0.1) is 23.7 Å². The lowest BCUT2D eigenvalue weighted by molar-refractivity contribution is -0.121. The van der Waals surface area contributed by atoms with Crippen molar-refractivity contribution in [2.75, 3.05) is 0 Å². The summed E-state index contributed by atoms with van der Waals surface area (Å²) in [4.78, 5) is 12.4. The highest BCUT2D eigenvalue weighted by molar-refractivity contribution is 5.85. The van der Waals surface area contributed by atoms with Gasteiger partial charge in [-0.25, -0.2) is 0 Å². The Hall–Kier alpha value is -1.11. The van der Waals surface area contributed by atoms with Crippen LogP contribution in [0.2, 0.25) is 0 Å². The standard InChI is InChI=1S/C18H22O/c19-18(10-15-9-12-6-7-14(15)8-12)17-11-16(17)13-4-2-1-3-5-13/h1-5,12,14-17H,6-11H2. The first-order valence-corrected chi connectivity index (χ1v) is 7.89. The van der Waals surface area contributed by atoms with Crippen LogP contribution in [0.1, 0.15) is 50.0 Å². The first kappa shape index (κ1) is 11.7. The molecule has 19 heavy (non-hydrogen) atoms. The van der Waals surface area contributed by atoms with Crippen molar-refractivity contribution >= 4 is 5.78 Å². The van der Waals surface area contributed by atoms with Crippen LogP contribution in [0.3, 0.4) is 0 Å². The van der Waals surface area contributed by atoms with Gasteiger partial charge in [0.05, 0.1) is 0 Å².